The molecule has 2 aromatic rings. The number of carbonyl (C=O) groups is 1. The van der Waals surface area contributed by atoms with Crippen LogP contribution in [-0.4, -0.2) is 54.4 Å². The van der Waals surface area contributed by atoms with Gasteiger partial charge < -0.3 is 24.1 Å². The number of fused-ring (bicyclic) bond motifs is 1. The van der Waals surface area contributed by atoms with E-state index >= 15 is 0 Å². The van der Waals surface area contributed by atoms with Crippen molar-refractivity contribution in [2.45, 2.75) is 64.6 Å². The number of rotatable bonds is 6. The van der Waals surface area contributed by atoms with E-state index in [1.54, 1.807) is 0 Å². The molecule has 2 saturated heterocycles. The fourth-order valence-electron chi connectivity index (χ4n) is 5.49. The summed E-state index contributed by atoms with van der Waals surface area (Å²) in [6.45, 7) is 7.80. The van der Waals surface area contributed by atoms with Gasteiger partial charge in [0.15, 0.2) is 11.5 Å². The molecule has 8 nitrogen and oxygen atoms in total. The van der Waals surface area contributed by atoms with Crippen LogP contribution >= 0.6 is 0 Å². The van der Waals surface area contributed by atoms with E-state index in [0.717, 1.165) is 73.6 Å². The number of anilines is 1. The van der Waals surface area contributed by atoms with E-state index in [-0.39, 0.29) is 24.6 Å². The molecule has 5 rings (SSSR count). The lowest BCUT2D eigenvalue weighted by molar-refractivity contribution is -0.117. The zero-order chi connectivity index (χ0) is 24.4. The second-order valence-corrected chi connectivity index (χ2v) is 9.72. The van der Waals surface area contributed by atoms with Crippen LogP contribution < -0.4 is 14.8 Å². The van der Waals surface area contributed by atoms with Gasteiger partial charge >= 0.3 is 0 Å². The fraction of sp³-hybridized carbons (Fsp3) is 0.556. The second-order valence-electron chi connectivity index (χ2n) is 9.72. The molecule has 1 aromatic heterocycles. The van der Waals surface area contributed by atoms with Crippen LogP contribution in [0.25, 0.3) is 0 Å². The third-order valence-corrected chi connectivity index (χ3v) is 7.48. The number of benzene rings is 1. The van der Waals surface area contributed by atoms with Gasteiger partial charge in [-0.05, 0) is 69.3 Å². The maximum Gasteiger partial charge on any atom is 0.239 e. The number of likely N-dealkylation sites (tertiary alicyclic amines) is 1. The van der Waals surface area contributed by atoms with Gasteiger partial charge in [-0.25, -0.2) is 0 Å². The molecule has 0 saturated carbocycles. The van der Waals surface area contributed by atoms with Gasteiger partial charge in [0.2, 0.25) is 5.91 Å². The monoisotopic (exact) mass is 478 g/mol. The lowest BCUT2D eigenvalue weighted by Crippen LogP contribution is -2.33. The summed E-state index contributed by atoms with van der Waals surface area (Å²) in [5.74, 6) is 2.06. The first kappa shape index (κ1) is 23.7. The van der Waals surface area contributed by atoms with Crippen molar-refractivity contribution in [3.63, 3.8) is 0 Å². The third kappa shape index (κ3) is 4.89. The molecule has 4 heterocycles. The average molecular weight is 479 g/mol. The maximum absolute atomic E-state index is 13.3. The molecule has 0 aliphatic carbocycles. The summed E-state index contributed by atoms with van der Waals surface area (Å²) in [5.41, 5.74) is 3.59. The van der Waals surface area contributed by atoms with Gasteiger partial charge in [0, 0.05) is 24.8 Å². The van der Waals surface area contributed by atoms with Crippen LogP contribution in [0.2, 0.25) is 0 Å². The van der Waals surface area contributed by atoms with Crippen molar-refractivity contribution in [2.24, 2.45) is 0 Å². The molecule has 0 bridgehead atoms. The number of nitrogens with zero attached hydrogens (tertiary/aromatic N) is 3. The molecule has 1 aromatic carbocycles. The number of hydrogen-bond acceptors (Lipinski definition) is 6. The molecule has 35 heavy (non-hydrogen) atoms. The highest BCUT2D eigenvalue weighted by Gasteiger charge is 2.30. The predicted octanol–water partition coefficient (Wildman–Crippen LogP) is 4.09. The van der Waals surface area contributed by atoms with Crippen molar-refractivity contribution in [1.82, 2.24) is 9.47 Å². The number of carbonyl (C=O) groups excluding carboxylic acids is 1. The molecule has 8 heteroatoms. The van der Waals surface area contributed by atoms with Gasteiger partial charge in [-0.2, -0.15) is 5.26 Å². The van der Waals surface area contributed by atoms with E-state index in [0.29, 0.717) is 31.1 Å². The predicted molar refractivity (Wildman–Crippen MR) is 132 cm³/mol. The molecule has 0 spiro atoms. The largest absolute Gasteiger partial charge is 0.490 e. The van der Waals surface area contributed by atoms with Crippen molar-refractivity contribution in [2.75, 3.05) is 38.2 Å². The Labute approximate surface area is 206 Å². The quantitative estimate of drug-likeness (QED) is 0.673. The van der Waals surface area contributed by atoms with Gasteiger partial charge in [0.1, 0.15) is 11.9 Å². The van der Waals surface area contributed by atoms with Crippen LogP contribution in [0.15, 0.2) is 18.2 Å². The highest BCUT2D eigenvalue weighted by atomic mass is 16.5. The Morgan fingerprint density at radius 3 is 2.71 bits per heavy atom. The summed E-state index contributed by atoms with van der Waals surface area (Å²) in [4.78, 5) is 15.5. The maximum atomic E-state index is 13.3. The molecule has 1 amide bonds. The Kier molecular flexibility index (Phi) is 6.98. The van der Waals surface area contributed by atoms with Gasteiger partial charge in [0.05, 0.1) is 38.0 Å². The molecular weight excluding hydrogens is 444 g/mol. The van der Waals surface area contributed by atoms with Gasteiger partial charge in [-0.15, -0.1) is 0 Å². The Morgan fingerprint density at radius 2 is 1.94 bits per heavy atom. The van der Waals surface area contributed by atoms with E-state index in [1.807, 2.05) is 24.5 Å². The zero-order valence-electron chi connectivity index (χ0n) is 20.6. The lowest BCUT2D eigenvalue weighted by atomic mass is 10.0. The standard InChI is InChI=1S/C27H34N4O4/c1-18-19(2)31(16-21-6-4-11-33-21)27(22(18)15-28)29-26(32)17-30-10-3-7-23(30)20-8-9-24-25(14-20)35-13-5-12-34-24/h8-9,14,21,23H,3-7,10-13,16-17H2,1-2H3,(H,29,32). The smallest absolute Gasteiger partial charge is 0.239 e. The third-order valence-electron chi connectivity index (χ3n) is 7.48. The van der Waals surface area contributed by atoms with Gasteiger partial charge in [0.25, 0.3) is 0 Å². The number of hydrogen-bond donors (Lipinski definition) is 1. The molecule has 3 aliphatic rings. The van der Waals surface area contributed by atoms with Crippen molar-refractivity contribution in [3.05, 3.63) is 40.6 Å². The van der Waals surface area contributed by atoms with E-state index in [4.69, 9.17) is 14.2 Å². The van der Waals surface area contributed by atoms with Crippen LogP contribution in [0.5, 0.6) is 11.5 Å². The van der Waals surface area contributed by atoms with E-state index in [1.165, 1.54) is 0 Å². The minimum atomic E-state index is -0.103. The minimum Gasteiger partial charge on any atom is -0.490 e. The first-order chi connectivity index (χ1) is 17.0. The minimum absolute atomic E-state index is 0.103. The fourth-order valence-corrected chi connectivity index (χ4v) is 5.49. The van der Waals surface area contributed by atoms with Crippen LogP contribution in [0.1, 0.15) is 60.5 Å². The molecule has 3 aliphatic heterocycles. The molecular formula is C27H34N4O4. The number of nitrogens with one attached hydrogen (secondary N) is 1. The van der Waals surface area contributed by atoms with Gasteiger partial charge in [-0.1, -0.05) is 6.07 Å². The van der Waals surface area contributed by atoms with Crippen molar-refractivity contribution in [3.8, 4) is 17.6 Å². The highest BCUT2D eigenvalue weighted by molar-refractivity contribution is 5.93. The Morgan fingerprint density at radius 1 is 1.11 bits per heavy atom. The zero-order valence-corrected chi connectivity index (χ0v) is 20.6. The van der Waals surface area contributed by atoms with Crippen molar-refractivity contribution in [1.29, 1.82) is 5.26 Å². The van der Waals surface area contributed by atoms with Crippen LogP contribution in [0.3, 0.4) is 0 Å². The Balaban J connectivity index is 1.32. The topological polar surface area (TPSA) is 88.8 Å². The highest BCUT2D eigenvalue weighted by Crippen LogP contribution is 2.38. The number of nitriles is 1. The first-order valence-electron chi connectivity index (χ1n) is 12.7. The molecule has 0 radical (unpaired) electrons. The summed E-state index contributed by atoms with van der Waals surface area (Å²) in [5, 5.41) is 12.9. The van der Waals surface area contributed by atoms with Crippen molar-refractivity contribution >= 4 is 11.7 Å². The Hall–Kier alpha value is -3.02. The van der Waals surface area contributed by atoms with Crippen LogP contribution in [-0.2, 0) is 16.1 Å². The van der Waals surface area contributed by atoms with Gasteiger partial charge in [-0.3, -0.25) is 9.69 Å². The van der Waals surface area contributed by atoms with E-state index in [9.17, 15) is 10.1 Å². The second kappa shape index (κ2) is 10.3. The molecule has 2 fully saturated rings. The average Bonchev–Trinajstić information content (AvgIpc) is 3.53. The summed E-state index contributed by atoms with van der Waals surface area (Å²) in [6, 6.07) is 8.58. The first-order valence-corrected chi connectivity index (χ1v) is 12.7. The number of aromatic nitrogens is 1. The summed E-state index contributed by atoms with van der Waals surface area (Å²) < 4.78 is 19.5. The number of ether oxygens (including phenoxy) is 3. The SMILES string of the molecule is Cc1c(C#N)c(NC(=O)CN2CCCC2c2ccc3c(c2)OCCCO3)n(CC2CCCO2)c1C. The molecule has 2 atom stereocenters. The normalized spacial score (nSPS) is 22.1. The number of amides is 1. The summed E-state index contributed by atoms with van der Waals surface area (Å²) >= 11 is 0. The molecule has 186 valence electrons. The molecule has 1 N–H and O–H groups in total. The van der Waals surface area contributed by atoms with Crippen molar-refractivity contribution < 1.29 is 19.0 Å². The summed E-state index contributed by atoms with van der Waals surface area (Å²) in [6.07, 6.45) is 5.06. The van der Waals surface area contributed by atoms with Crippen LogP contribution in [0, 0.1) is 25.2 Å². The van der Waals surface area contributed by atoms with E-state index in [2.05, 4.69) is 28.4 Å². The van der Waals surface area contributed by atoms with E-state index < -0.39 is 0 Å². The molecule has 2 unspecified atom stereocenters. The van der Waals surface area contributed by atoms with Crippen LogP contribution in [0.4, 0.5) is 5.82 Å². The lowest BCUT2D eigenvalue weighted by Gasteiger charge is -2.25. The Bertz CT molecular complexity index is 1130. The summed E-state index contributed by atoms with van der Waals surface area (Å²) in [7, 11) is 0.